The molecule has 0 bridgehead atoms. The van der Waals surface area contributed by atoms with Gasteiger partial charge in [0, 0.05) is 43.0 Å². The summed E-state index contributed by atoms with van der Waals surface area (Å²) in [5.41, 5.74) is 9.62. The molecule has 35 heavy (non-hydrogen) atoms. The third-order valence-corrected chi connectivity index (χ3v) is 6.09. The fourth-order valence-corrected chi connectivity index (χ4v) is 4.46. The minimum absolute atomic E-state index is 0. The molecule has 0 N–H and O–H groups in total. The van der Waals surface area contributed by atoms with Gasteiger partial charge < -0.3 is 0 Å². The first-order valence-corrected chi connectivity index (χ1v) is 11.4. The van der Waals surface area contributed by atoms with E-state index in [2.05, 4.69) is 91.0 Å². The molecule has 0 aliphatic carbocycles. The van der Waals surface area contributed by atoms with Gasteiger partial charge in [-0.05, 0) is 22.3 Å². The standard InChI is InChI=1S/C32H21N2.Ir/c1-4-12-23(13-5-1)26-18-10-20-28-29-21-11-19-27(24-14-6-2-7-15-24)31(29)34-32(33-22-30(26)28)25-16-8-3-9-17-25;/h1-16,18-22H;/q-1;. The van der Waals surface area contributed by atoms with Crippen molar-refractivity contribution in [3.05, 3.63) is 139 Å². The molecule has 0 unspecified atom stereocenters. The van der Waals surface area contributed by atoms with Crippen LogP contribution in [0.2, 0.25) is 0 Å². The molecule has 0 spiro atoms. The Hall–Kier alpha value is -3.91. The fraction of sp³-hybridized carbons (Fsp3) is 0. The molecule has 3 heteroatoms. The molecular formula is C32H21IrN2-. The molecule has 1 aliphatic rings. The topological polar surface area (TPSA) is 24.7 Å². The predicted octanol–water partition coefficient (Wildman–Crippen LogP) is 8.00. The Morgan fingerprint density at radius 1 is 0.514 bits per heavy atom. The van der Waals surface area contributed by atoms with E-state index in [0.717, 1.165) is 50.2 Å². The Kier molecular flexibility index (Phi) is 6.63. The van der Waals surface area contributed by atoms with Gasteiger partial charge in [0.1, 0.15) is 0 Å². The van der Waals surface area contributed by atoms with Crippen LogP contribution in [0.25, 0.3) is 33.4 Å². The van der Waals surface area contributed by atoms with E-state index in [0.29, 0.717) is 5.84 Å². The molecule has 0 saturated carbocycles. The molecule has 0 saturated heterocycles. The summed E-state index contributed by atoms with van der Waals surface area (Å²) in [6, 6.07) is 44.9. The van der Waals surface area contributed by atoms with Crippen molar-refractivity contribution in [1.82, 2.24) is 0 Å². The van der Waals surface area contributed by atoms with Crippen LogP contribution in [0, 0.1) is 6.07 Å². The van der Waals surface area contributed by atoms with Crippen molar-refractivity contribution >= 4 is 17.7 Å². The molecule has 6 rings (SSSR count). The molecular weight excluding hydrogens is 605 g/mol. The summed E-state index contributed by atoms with van der Waals surface area (Å²) in [5, 5.41) is 0. The molecule has 2 nitrogen and oxygen atoms in total. The maximum absolute atomic E-state index is 5.13. The van der Waals surface area contributed by atoms with E-state index in [1.807, 2.05) is 42.6 Å². The van der Waals surface area contributed by atoms with Crippen molar-refractivity contribution in [2.75, 3.05) is 0 Å². The maximum atomic E-state index is 5.13. The Bertz CT molecular complexity index is 1520. The summed E-state index contributed by atoms with van der Waals surface area (Å²) in [6.45, 7) is 0. The van der Waals surface area contributed by atoms with E-state index in [9.17, 15) is 0 Å². The molecule has 169 valence electrons. The Morgan fingerprint density at radius 3 is 1.80 bits per heavy atom. The summed E-state index contributed by atoms with van der Waals surface area (Å²) in [7, 11) is 0. The number of benzene rings is 5. The van der Waals surface area contributed by atoms with Crippen molar-refractivity contribution in [1.29, 1.82) is 0 Å². The SMILES string of the molecule is [Ir].[c-]1ccccc1C1=Nc2c(-c3ccccc3)cccc2-c2cccc(-c3ccccc3)c2C=N1. The minimum atomic E-state index is 0. The van der Waals surface area contributed by atoms with Crippen molar-refractivity contribution in [3.63, 3.8) is 0 Å². The Balaban J connectivity index is 0.00000253. The fourth-order valence-electron chi connectivity index (χ4n) is 4.46. The van der Waals surface area contributed by atoms with Crippen LogP contribution >= 0.6 is 0 Å². The van der Waals surface area contributed by atoms with Crippen LogP contribution in [-0.4, -0.2) is 12.1 Å². The number of hydrogen-bond donors (Lipinski definition) is 0. The van der Waals surface area contributed by atoms with Gasteiger partial charge >= 0.3 is 0 Å². The van der Waals surface area contributed by atoms with Gasteiger partial charge in [0.15, 0.2) is 0 Å². The first-order chi connectivity index (χ1) is 16.9. The molecule has 0 amide bonds. The monoisotopic (exact) mass is 626 g/mol. The number of rotatable bonds is 3. The summed E-state index contributed by atoms with van der Waals surface area (Å²) < 4.78 is 0. The second-order valence-corrected chi connectivity index (χ2v) is 8.17. The molecule has 1 radical (unpaired) electrons. The zero-order valence-corrected chi connectivity index (χ0v) is 21.2. The Labute approximate surface area is 219 Å². The molecule has 5 aromatic rings. The minimum Gasteiger partial charge on any atom is -0.285 e. The predicted molar refractivity (Wildman–Crippen MR) is 142 cm³/mol. The van der Waals surface area contributed by atoms with Crippen molar-refractivity contribution < 1.29 is 20.1 Å². The summed E-state index contributed by atoms with van der Waals surface area (Å²) in [4.78, 5) is 10.0. The van der Waals surface area contributed by atoms with Crippen LogP contribution in [0.5, 0.6) is 0 Å². The van der Waals surface area contributed by atoms with Crippen molar-refractivity contribution in [2.24, 2.45) is 9.98 Å². The van der Waals surface area contributed by atoms with Crippen LogP contribution in [0.3, 0.4) is 0 Å². The van der Waals surface area contributed by atoms with Crippen LogP contribution in [-0.2, 0) is 20.1 Å². The van der Waals surface area contributed by atoms with Crippen LogP contribution < -0.4 is 0 Å². The Morgan fingerprint density at radius 2 is 1.11 bits per heavy atom. The first-order valence-electron chi connectivity index (χ1n) is 11.4. The average molecular weight is 626 g/mol. The van der Waals surface area contributed by atoms with Gasteiger partial charge in [-0.3, -0.25) is 9.98 Å². The zero-order valence-electron chi connectivity index (χ0n) is 18.9. The molecule has 0 fully saturated rings. The van der Waals surface area contributed by atoms with Gasteiger partial charge in [-0.1, -0.05) is 97.1 Å². The largest absolute Gasteiger partial charge is 0.285 e. The second kappa shape index (κ2) is 10.1. The van der Waals surface area contributed by atoms with Gasteiger partial charge in [0.25, 0.3) is 0 Å². The van der Waals surface area contributed by atoms with Gasteiger partial charge in [-0.25, -0.2) is 0 Å². The number of fused-ring (bicyclic) bond motifs is 3. The first kappa shape index (κ1) is 22.9. The second-order valence-electron chi connectivity index (χ2n) is 8.17. The maximum Gasteiger partial charge on any atom is 0.0756 e. The van der Waals surface area contributed by atoms with E-state index < -0.39 is 0 Å². The normalized spacial score (nSPS) is 11.8. The van der Waals surface area contributed by atoms with E-state index in [4.69, 9.17) is 9.98 Å². The number of hydrogen-bond acceptors (Lipinski definition) is 2. The van der Waals surface area contributed by atoms with Crippen molar-refractivity contribution in [2.45, 2.75) is 0 Å². The average Bonchev–Trinajstić information content (AvgIpc) is 2.91. The molecule has 0 atom stereocenters. The van der Waals surface area contributed by atoms with Gasteiger partial charge in [-0.15, -0.1) is 35.9 Å². The van der Waals surface area contributed by atoms with Crippen LogP contribution in [0.15, 0.2) is 131 Å². The smallest absolute Gasteiger partial charge is 0.0756 e. The van der Waals surface area contributed by atoms with Crippen LogP contribution in [0.1, 0.15) is 11.1 Å². The van der Waals surface area contributed by atoms with Crippen molar-refractivity contribution in [3.8, 4) is 33.4 Å². The molecule has 0 aromatic heterocycles. The van der Waals surface area contributed by atoms with E-state index in [1.165, 1.54) is 0 Å². The number of aliphatic imine (C=N–C) groups is 2. The number of amidine groups is 1. The third-order valence-electron chi connectivity index (χ3n) is 6.09. The van der Waals surface area contributed by atoms with Gasteiger partial charge in [0.2, 0.25) is 0 Å². The molecule has 1 heterocycles. The van der Waals surface area contributed by atoms with Crippen LogP contribution in [0.4, 0.5) is 5.69 Å². The molecule has 5 aromatic carbocycles. The zero-order chi connectivity index (χ0) is 22.7. The number of para-hydroxylation sites is 1. The van der Waals surface area contributed by atoms with E-state index >= 15 is 0 Å². The quantitative estimate of drug-likeness (QED) is 0.182. The number of nitrogens with zero attached hydrogens (tertiary/aromatic N) is 2. The summed E-state index contributed by atoms with van der Waals surface area (Å²) in [6.07, 6.45) is 1.95. The van der Waals surface area contributed by atoms with E-state index in [1.54, 1.807) is 0 Å². The summed E-state index contributed by atoms with van der Waals surface area (Å²) >= 11 is 0. The summed E-state index contributed by atoms with van der Waals surface area (Å²) in [5.74, 6) is 0.652. The van der Waals surface area contributed by atoms with Gasteiger partial charge in [-0.2, -0.15) is 0 Å². The third kappa shape index (κ3) is 4.44. The van der Waals surface area contributed by atoms with E-state index in [-0.39, 0.29) is 20.1 Å². The molecule has 1 aliphatic heterocycles. The van der Waals surface area contributed by atoms with Gasteiger partial charge in [0.05, 0.1) is 11.5 Å².